The molecule has 4 heteroatoms. The highest BCUT2D eigenvalue weighted by Crippen LogP contribution is 2.21. The van der Waals surface area contributed by atoms with Crippen molar-refractivity contribution >= 4 is 5.69 Å². The molecule has 0 atom stereocenters. The minimum Gasteiger partial charge on any atom is -0.497 e. The summed E-state index contributed by atoms with van der Waals surface area (Å²) in [5.74, 6) is 1.27. The summed E-state index contributed by atoms with van der Waals surface area (Å²) in [5.41, 5.74) is 1.39. The van der Waals surface area contributed by atoms with E-state index in [1.807, 2.05) is 6.07 Å². The van der Waals surface area contributed by atoms with E-state index in [0.29, 0.717) is 24.6 Å². The fraction of sp³-hybridized carbons (Fsp3) is 0.500. The molecule has 0 aromatic heterocycles. The van der Waals surface area contributed by atoms with Crippen LogP contribution in [0.2, 0.25) is 0 Å². The van der Waals surface area contributed by atoms with Gasteiger partial charge >= 0.3 is 0 Å². The Morgan fingerprint density at radius 2 is 2.17 bits per heavy atom. The first-order valence-electron chi connectivity index (χ1n) is 6.07. The fourth-order valence-electron chi connectivity index (χ4n) is 1.47. The van der Waals surface area contributed by atoms with E-state index < -0.39 is 0 Å². The molecule has 0 bridgehead atoms. The molecule has 1 N–H and O–H groups in total. The van der Waals surface area contributed by atoms with Gasteiger partial charge in [0.25, 0.3) is 0 Å². The van der Waals surface area contributed by atoms with E-state index in [1.54, 1.807) is 19.2 Å². The number of benzene rings is 1. The van der Waals surface area contributed by atoms with Crippen molar-refractivity contribution in [2.45, 2.75) is 13.8 Å². The predicted molar refractivity (Wildman–Crippen MR) is 71.9 cm³/mol. The number of anilines is 1. The highest BCUT2D eigenvalue weighted by atomic mass is 16.5. The van der Waals surface area contributed by atoms with E-state index in [-0.39, 0.29) is 0 Å². The number of ether oxygens (including phenoxy) is 2. The maximum Gasteiger partial charge on any atom is 0.121 e. The molecule has 0 amide bonds. The molecule has 0 radical (unpaired) electrons. The third-order valence-corrected chi connectivity index (χ3v) is 2.36. The zero-order valence-electron chi connectivity index (χ0n) is 11.2. The van der Waals surface area contributed by atoms with Crippen molar-refractivity contribution in [1.82, 2.24) is 0 Å². The van der Waals surface area contributed by atoms with E-state index in [0.717, 1.165) is 18.0 Å². The summed E-state index contributed by atoms with van der Waals surface area (Å²) in [4.78, 5) is 0. The topological polar surface area (TPSA) is 54.3 Å². The van der Waals surface area contributed by atoms with Crippen molar-refractivity contribution in [3.8, 4) is 11.8 Å². The van der Waals surface area contributed by atoms with Crippen LogP contribution in [0.25, 0.3) is 0 Å². The second kappa shape index (κ2) is 7.57. The lowest BCUT2D eigenvalue weighted by molar-refractivity contribution is 0.118. The standard InChI is InChI=1S/C14H20N2O2/c1-11(2)10-18-7-6-16-14-8-13(17-3)5-4-12(14)9-15/h4-5,8,11,16H,6-7,10H2,1-3H3. The average molecular weight is 248 g/mol. The molecule has 0 aliphatic heterocycles. The van der Waals surface area contributed by atoms with Crippen LogP contribution in [0.3, 0.4) is 0 Å². The first kappa shape index (κ1) is 14.3. The number of hydrogen-bond acceptors (Lipinski definition) is 4. The minimum atomic E-state index is 0.538. The second-order valence-electron chi connectivity index (χ2n) is 4.42. The van der Waals surface area contributed by atoms with Crippen LogP contribution in [-0.4, -0.2) is 26.9 Å². The van der Waals surface area contributed by atoms with Gasteiger partial charge in [0.1, 0.15) is 11.8 Å². The van der Waals surface area contributed by atoms with Crippen LogP contribution < -0.4 is 10.1 Å². The molecule has 0 heterocycles. The molecule has 0 aliphatic rings. The van der Waals surface area contributed by atoms with Crippen LogP contribution in [0.15, 0.2) is 18.2 Å². The number of methoxy groups -OCH3 is 1. The highest BCUT2D eigenvalue weighted by molar-refractivity contribution is 5.60. The molecule has 98 valence electrons. The maximum atomic E-state index is 9.00. The molecule has 0 spiro atoms. The molecule has 18 heavy (non-hydrogen) atoms. The lowest BCUT2D eigenvalue weighted by Gasteiger charge is -2.11. The summed E-state index contributed by atoms with van der Waals surface area (Å²) in [6, 6.07) is 7.49. The third-order valence-electron chi connectivity index (χ3n) is 2.36. The predicted octanol–water partition coefficient (Wildman–Crippen LogP) is 2.65. The molecule has 0 fully saturated rings. The maximum absolute atomic E-state index is 9.00. The van der Waals surface area contributed by atoms with Gasteiger partial charge in [0.15, 0.2) is 0 Å². The summed E-state index contributed by atoms with van der Waals surface area (Å²) >= 11 is 0. The Balaban J connectivity index is 2.48. The van der Waals surface area contributed by atoms with Crippen molar-refractivity contribution in [2.75, 3.05) is 32.2 Å². The molecular formula is C14H20N2O2. The third kappa shape index (κ3) is 4.64. The normalized spacial score (nSPS) is 10.2. The summed E-state index contributed by atoms with van der Waals surface area (Å²) in [6.07, 6.45) is 0. The molecule has 1 aromatic carbocycles. The van der Waals surface area contributed by atoms with Gasteiger partial charge in [0, 0.05) is 19.2 Å². The van der Waals surface area contributed by atoms with Gasteiger partial charge in [-0.1, -0.05) is 13.8 Å². The van der Waals surface area contributed by atoms with Gasteiger partial charge in [-0.2, -0.15) is 5.26 Å². The number of hydrogen-bond donors (Lipinski definition) is 1. The molecule has 0 saturated carbocycles. The van der Waals surface area contributed by atoms with E-state index in [2.05, 4.69) is 25.2 Å². The Hall–Kier alpha value is -1.73. The SMILES string of the molecule is COc1ccc(C#N)c(NCCOCC(C)C)c1. The van der Waals surface area contributed by atoms with E-state index in [1.165, 1.54) is 0 Å². The average Bonchev–Trinajstić information content (AvgIpc) is 2.37. The molecule has 0 saturated heterocycles. The van der Waals surface area contributed by atoms with Crippen molar-refractivity contribution < 1.29 is 9.47 Å². The van der Waals surface area contributed by atoms with Crippen LogP contribution in [0, 0.1) is 17.2 Å². The number of nitrogens with one attached hydrogen (secondary N) is 1. The van der Waals surface area contributed by atoms with Gasteiger partial charge in [-0.05, 0) is 18.1 Å². The molecule has 4 nitrogen and oxygen atoms in total. The van der Waals surface area contributed by atoms with Gasteiger partial charge < -0.3 is 14.8 Å². The lowest BCUT2D eigenvalue weighted by atomic mass is 10.2. The van der Waals surface area contributed by atoms with Crippen molar-refractivity contribution in [3.63, 3.8) is 0 Å². The fourth-order valence-corrected chi connectivity index (χ4v) is 1.47. The molecule has 1 aromatic rings. The second-order valence-corrected chi connectivity index (χ2v) is 4.42. The lowest BCUT2D eigenvalue weighted by Crippen LogP contribution is -2.12. The summed E-state index contributed by atoms with van der Waals surface area (Å²) in [6.45, 7) is 6.28. The first-order valence-corrected chi connectivity index (χ1v) is 6.07. The number of rotatable bonds is 7. The van der Waals surface area contributed by atoms with Crippen LogP contribution >= 0.6 is 0 Å². The van der Waals surface area contributed by atoms with E-state index in [9.17, 15) is 0 Å². The van der Waals surface area contributed by atoms with Crippen molar-refractivity contribution in [1.29, 1.82) is 5.26 Å². The largest absolute Gasteiger partial charge is 0.497 e. The molecule has 0 aliphatic carbocycles. The highest BCUT2D eigenvalue weighted by Gasteiger charge is 2.03. The summed E-state index contributed by atoms with van der Waals surface area (Å²) in [5, 5.41) is 12.2. The Morgan fingerprint density at radius 1 is 1.39 bits per heavy atom. The van der Waals surface area contributed by atoms with Gasteiger partial charge in [0.05, 0.1) is 25.0 Å². The minimum absolute atomic E-state index is 0.538. The molecule has 0 unspecified atom stereocenters. The van der Waals surface area contributed by atoms with Crippen molar-refractivity contribution in [3.05, 3.63) is 23.8 Å². The smallest absolute Gasteiger partial charge is 0.121 e. The van der Waals surface area contributed by atoms with Gasteiger partial charge in [-0.3, -0.25) is 0 Å². The quantitative estimate of drug-likeness (QED) is 0.754. The van der Waals surface area contributed by atoms with Gasteiger partial charge in [-0.25, -0.2) is 0 Å². The van der Waals surface area contributed by atoms with E-state index >= 15 is 0 Å². The van der Waals surface area contributed by atoms with Crippen LogP contribution in [0.1, 0.15) is 19.4 Å². The number of nitrogens with zero attached hydrogens (tertiary/aromatic N) is 1. The molecule has 1 rings (SSSR count). The van der Waals surface area contributed by atoms with E-state index in [4.69, 9.17) is 14.7 Å². The Kier molecular flexibility index (Phi) is 6.03. The Labute approximate surface area is 109 Å². The van der Waals surface area contributed by atoms with Crippen LogP contribution in [0.4, 0.5) is 5.69 Å². The number of nitriles is 1. The van der Waals surface area contributed by atoms with Gasteiger partial charge in [-0.15, -0.1) is 0 Å². The van der Waals surface area contributed by atoms with Crippen LogP contribution in [0.5, 0.6) is 5.75 Å². The van der Waals surface area contributed by atoms with Crippen molar-refractivity contribution in [2.24, 2.45) is 5.92 Å². The summed E-state index contributed by atoms with van der Waals surface area (Å²) in [7, 11) is 1.61. The van der Waals surface area contributed by atoms with Crippen LogP contribution in [-0.2, 0) is 4.74 Å². The zero-order chi connectivity index (χ0) is 13.4. The Morgan fingerprint density at radius 3 is 2.78 bits per heavy atom. The summed E-state index contributed by atoms with van der Waals surface area (Å²) < 4.78 is 10.6. The molecular weight excluding hydrogens is 228 g/mol. The monoisotopic (exact) mass is 248 g/mol. The zero-order valence-corrected chi connectivity index (χ0v) is 11.2. The Bertz CT molecular complexity index is 411. The first-order chi connectivity index (χ1) is 8.67. The van der Waals surface area contributed by atoms with Gasteiger partial charge in [0.2, 0.25) is 0 Å².